The van der Waals surface area contributed by atoms with Crippen LogP contribution in [0.25, 0.3) is 0 Å². The summed E-state index contributed by atoms with van der Waals surface area (Å²) in [5.74, 6) is 0. The smallest absolute Gasteiger partial charge is 0.0662 e. The van der Waals surface area contributed by atoms with Gasteiger partial charge in [-0.3, -0.25) is 0 Å². The third kappa shape index (κ3) is 3.13. The summed E-state index contributed by atoms with van der Waals surface area (Å²) < 4.78 is 0. The Morgan fingerprint density at radius 2 is 1.64 bits per heavy atom. The van der Waals surface area contributed by atoms with Crippen molar-refractivity contribution in [2.45, 2.75) is 39.0 Å². The maximum Gasteiger partial charge on any atom is 0.0662 e. The van der Waals surface area contributed by atoms with E-state index < -0.39 is 0 Å². The van der Waals surface area contributed by atoms with E-state index in [0.29, 0.717) is 0 Å². The number of aliphatic hydroxyl groups excluding tert-OH is 1. The zero-order valence-corrected chi connectivity index (χ0v) is 9.07. The van der Waals surface area contributed by atoms with Gasteiger partial charge in [-0.15, -0.1) is 0 Å². The molecule has 78 valence electrons. The third-order valence-corrected chi connectivity index (χ3v) is 2.54. The highest BCUT2D eigenvalue weighted by atomic mass is 16.3. The molecule has 0 amide bonds. The fourth-order valence-electron chi connectivity index (χ4n) is 1.37. The van der Waals surface area contributed by atoms with Crippen LogP contribution in [-0.4, -0.2) is 17.3 Å². The first kappa shape index (κ1) is 11.2. The van der Waals surface area contributed by atoms with Gasteiger partial charge in [0.25, 0.3) is 0 Å². The van der Waals surface area contributed by atoms with Crippen LogP contribution in [0.1, 0.15) is 32.4 Å². The molecule has 0 bridgehead atoms. The predicted molar refractivity (Wildman–Crippen MR) is 59.1 cm³/mol. The van der Waals surface area contributed by atoms with Crippen molar-refractivity contribution in [1.29, 1.82) is 0 Å². The Kier molecular flexibility index (Phi) is 4.11. The van der Waals surface area contributed by atoms with Crippen molar-refractivity contribution in [3.63, 3.8) is 0 Å². The van der Waals surface area contributed by atoms with Crippen molar-refractivity contribution in [3.05, 3.63) is 35.9 Å². The topological polar surface area (TPSA) is 32.3 Å². The van der Waals surface area contributed by atoms with Gasteiger partial charge in [-0.1, -0.05) is 30.3 Å². The average Bonchev–Trinajstić information content (AvgIpc) is 2.19. The maximum atomic E-state index is 9.35. The Morgan fingerprint density at radius 1 is 1.07 bits per heavy atom. The van der Waals surface area contributed by atoms with Gasteiger partial charge in [0.2, 0.25) is 0 Å². The van der Waals surface area contributed by atoms with Crippen molar-refractivity contribution in [3.8, 4) is 0 Å². The molecule has 1 rings (SSSR count). The number of nitrogens with one attached hydrogen (secondary N) is 1. The quantitative estimate of drug-likeness (QED) is 0.767. The Labute approximate surface area is 86.0 Å². The summed E-state index contributed by atoms with van der Waals surface area (Å²) in [4.78, 5) is 0. The lowest BCUT2D eigenvalue weighted by atomic mass is 10.1. The number of rotatable bonds is 4. The summed E-state index contributed by atoms with van der Waals surface area (Å²) >= 11 is 0. The highest BCUT2D eigenvalue weighted by molar-refractivity contribution is 5.18. The van der Waals surface area contributed by atoms with E-state index in [1.54, 1.807) is 6.92 Å². The van der Waals surface area contributed by atoms with Gasteiger partial charge in [0, 0.05) is 12.1 Å². The first-order valence-electron chi connectivity index (χ1n) is 5.10. The first-order valence-corrected chi connectivity index (χ1v) is 5.10. The van der Waals surface area contributed by atoms with E-state index in [1.165, 1.54) is 5.56 Å². The largest absolute Gasteiger partial charge is 0.392 e. The Balaban J connectivity index is 2.55. The van der Waals surface area contributed by atoms with Gasteiger partial charge < -0.3 is 10.4 Å². The summed E-state index contributed by atoms with van der Waals surface area (Å²) in [5.41, 5.74) is 1.25. The lowest BCUT2D eigenvalue weighted by Gasteiger charge is -2.22. The van der Waals surface area contributed by atoms with Gasteiger partial charge in [0.15, 0.2) is 0 Å². The molecule has 2 heteroatoms. The number of hydrogen-bond acceptors (Lipinski definition) is 2. The molecule has 0 heterocycles. The molecule has 0 fully saturated rings. The minimum Gasteiger partial charge on any atom is -0.392 e. The van der Waals surface area contributed by atoms with Gasteiger partial charge in [0.05, 0.1) is 6.10 Å². The van der Waals surface area contributed by atoms with E-state index in [2.05, 4.69) is 24.4 Å². The minimum atomic E-state index is -0.318. The van der Waals surface area contributed by atoms with Crippen LogP contribution in [-0.2, 0) is 0 Å². The molecular formula is C12H19NO. The molecule has 14 heavy (non-hydrogen) atoms. The number of aliphatic hydroxyl groups is 1. The van der Waals surface area contributed by atoms with Gasteiger partial charge >= 0.3 is 0 Å². The van der Waals surface area contributed by atoms with Gasteiger partial charge in [0.1, 0.15) is 0 Å². The monoisotopic (exact) mass is 193 g/mol. The van der Waals surface area contributed by atoms with E-state index in [1.807, 2.05) is 25.1 Å². The van der Waals surface area contributed by atoms with Crippen LogP contribution in [0.15, 0.2) is 30.3 Å². The van der Waals surface area contributed by atoms with Crippen LogP contribution in [0.3, 0.4) is 0 Å². The maximum absolute atomic E-state index is 9.35. The van der Waals surface area contributed by atoms with Crippen molar-refractivity contribution in [2.75, 3.05) is 0 Å². The molecule has 2 N–H and O–H groups in total. The molecule has 0 aliphatic rings. The molecule has 1 aromatic rings. The summed E-state index contributed by atoms with van der Waals surface area (Å²) in [6.45, 7) is 5.90. The van der Waals surface area contributed by atoms with Crippen molar-refractivity contribution < 1.29 is 5.11 Å². The molecule has 3 atom stereocenters. The third-order valence-electron chi connectivity index (χ3n) is 2.54. The standard InChI is InChI=1S/C12H19NO/c1-9(11(3)14)13-10(2)12-7-5-4-6-8-12/h4-11,13-14H,1-3H3. The van der Waals surface area contributed by atoms with Crippen LogP contribution in [0.4, 0.5) is 0 Å². The molecule has 0 aliphatic heterocycles. The van der Waals surface area contributed by atoms with Crippen LogP contribution in [0.2, 0.25) is 0 Å². The lowest BCUT2D eigenvalue weighted by molar-refractivity contribution is 0.147. The molecule has 0 aromatic heterocycles. The summed E-state index contributed by atoms with van der Waals surface area (Å²) in [7, 11) is 0. The van der Waals surface area contributed by atoms with Gasteiger partial charge in [-0.2, -0.15) is 0 Å². The second-order valence-corrected chi connectivity index (χ2v) is 3.83. The molecule has 0 spiro atoms. The normalized spacial score (nSPS) is 17.4. The SMILES string of the molecule is CC(NC(C)C(C)O)c1ccccc1. The van der Waals surface area contributed by atoms with Gasteiger partial charge in [-0.05, 0) is 26.3 Å². The number of hydrogen-bond donors (Lipinski definition) is 2. The molecule has 3 unspecified atom stereocenters. The van der Waals surface area contributed by atoms with Crippen LogP contribution < -0.4 is 5.32 Å². The highest BCUT2D eigenvalue weighted by Crippen LogP contribution is 2.12. The first-order chi connectivity index (χ1) is 6.61. The molecule has 0 saturated heterocycles. The molecule has 2 nitrogen and oxygen atoms in total. The van der Waals surface area contributed by atoms with E-state index in [9.17, 15) is 5.11 Å². The fraction of sp³-hybridized carbons (Fsp3) is 0.500. The predicted octanol–water partition coefficient (Wildman–Crippen LogP) is 2.11. The Hall–Kier alpha value is -0.860. The van der Waals surface area contributed by atoms with Crippen LogP contribution >= 0.6 is 0 Å². The van der Waals surface area contributed by atoms with E-state index in [0.717, 1.165) is 0 Å². The molecular weight excluding hydrogens is 174 g/mol. The average molecular weight is 193 g/mol. The zero-order valence-electron chi connectivity index (χ0n) is 9.07. The highest BCUT2D eigenvalue weighted by Gasteiger charge is 2.12. The molecule has 0 saturated carbocycles. The summed E-state index contributed by atoms with van der Waals surface area (Å²) in [6.07, 6.45) is -0.318. The van der Waals surface area contributed by atoms with E-state index >= 15 is 0 Å². The molecule has 0 radical (unpaired) electrons. The minimum absolute atomic E-state index is 0.116. The van der Waals surface area contributed by atoms with Crippen molar-refractivity contribution in [1.82, 2.24) is 5.32 Å². The van der Waals surface area contributed by atoms with Crippen molar-refractivity contribution >= 4 is 0 Å². The second kappa shape index (κ2) is 5.13. The Bertz CT molecular complexity index is 258. The fourth-order valence-corrected chi connectivity index (χ4v) is 1.37. The summed E-state index contributed by atoms with van der Waals surface area (Å²) in [6, 6.07) is 10.6. The number of benzene rings is 1. The van der Waals surface area contributed by atoms with Crippen LogP contribution in [0, 0.1) is 0 Å². The molecule has 1 aromatic carbocycles. The van der Waals surface area contributed by atoms with E-state index in [-0.39, 0.29) is 18.2 Å². The van der Waals surface area contributed by atoms with Gasteiger partial charge in [-0.25, -0.2) is 0 Å². The summed E-state index contributed by atoms with van der Waals surface area (Å²) in [5, 5.41) is 12.7. The van der Waals surface area contributed by atoms with Crippen molar-refractivity contribution in [2.24, 2.45) is 0 Å². The van der Waals surface area contributed by atoms with Crippen LogP contribution in [0.5, 0.6) is 0 Å². The zero-order chi connectivity index (χ0) is 10.6. The second-order valence-electron chi connectivity index (χ2n) is 3.83. The lowest BCUT2D eigenvalue weighted by Crippen LogP contribution is -2.37. The molecule has 0 aliphatic carbocycles. The Morgan fingerprint density at radius 3 is 2.14 bits per heavy atom. The van der Waals surface area contributed by atoms with E-state index in [4.69, 9.17) is 0 Å².